The monoisotopic (exact) mass is 875 g/mol. The summed E-state index contributed by atoms with van der Waals surface area (Å²) >= 11 is 0. The van der Waals surface area contributed by atoms with Crippen LogP contribution in [0.4, 0.5) is 0 Å². The van der Waals surface area contributed by atoms with Gasteiger partial charge in [0.2, 0.25) is 5.91 Å². The second-order valence-electron chi connectivity index (χ2n) is 19.7. The van der Waals surface area contributed by atoms with Crippen LogP contribution in [0.3, 0.4) is 0 Å². The molecule has 10 rings (SSSR count). The van der Waals surface area contributed by atoms with Crippen molar-refractivity contribution >= 4 is 29.8 Å². The predicted octanol–water partition coefficient (Wildman–Crippen LogP) is 4.88. The van der Waals surface area contributed by atoms with Crippen molar-refractivity contribution in [1.29, 1.82) is 0 Å². The predicted molar refractivity (Wildman–Crippen MR) is 231 cm³/mol. The van der Waals surface area contributed by atoms with Crippen molar-refractivity contribution in [3.8, 4) is 0 Å². The van der Waals surface area contributed by atoms with E-state index in [2.05, 4.69) is 47.1 Å². The molecule has 0 aromatic heterocycles. The smallest absolute Gasteiger partial charge is 0.327 e. The Bertz CT molecular complexity index is 2320. The highest BCUT2D eigenvalue weighted by Gasteiger charge is 2.76. The highest BCUT2D eigenvalue weighted by atomic mass is 16.8. The third-order valence-electron chi connectivity index (χ3n) is 13.9. The van der Waals surface area contributed by atoms with Crippen LogP contribution in [0.15, 0.2) is 78.9 Å². The number of fused-ring (bicyclic) bond motifs is 6. The van der Waals surface area contributed by atoms with E-state index in [0.29, 0.717) is 42.1 Å². The standard InChI is InChI=1S/C50H57N3O11/c1-48(2,3)61-40(55)19-17-36(28-54)52-45(56)33-13-7-9-31(21-33)26-51-47(58)50-25-39-41-42(63-49(62-41)23-34-11-4-5-12-35(34)24-49)44(50)64-53(43(50)46(57)60-39)27-32-10-6-8-29(20-32)14-15-30-16-18-37-38(22-30)59-37/h4-15,20-21,30,36-39,41-44,54H,16-19,22-28H2,1-3H3,(H,51,58)(H,52,56). The van der Waals surface area contributed by atoms with E-state index in [1.54, 1.807) is 50.1 Å². The van der Waals surface area contributed by atoms with Crippen LogP contribution in [0.1, 0.15) is 97.5 Å². The van der Waals surface area contributed by atoms with Crippen molar-refractivity contribution in [1.82, 2.24) is 15.7 Å². The number of aliphatic hydroxyl groups is 1. The van der Waals surface area contributed by atoms with E-state index in [1.807, 2.05) is 24.3 Å². The minimum absolute atomic E-state index is 0.0305. The number of carbonyl (C=O) groups excluding carboxylic acids is 4. The zero-order chi connectivity index (χ0) is 44.4. The van der Waals surface area contributed by atoms with E-state index in [1.165, 1.54) is 0 Å². The maximum atomic E-state index is 15.0. The topological polar surface area (TPSA) is 174 Å². The van der Waals surface area contributed by atoms with Gasteiger partial charge in [0.05, 0.1) is 31.4 Å². The zero-order valence-corrected chi connectivity index (χ0v) is 36.5. The molecule has 3 N–H and O–H groups in total. The molecule has 2 bridgehead atoms. The summed E-state index contributed by atoms with van der Waals surface area (Å²) in [6.07, 6.45) is 7.01. The van der Waals surface area contributed by atoms with Crippen molar-refractivity contribution in [2.75, 3.05) is 6.61 Å². The number of carbonyl (C=O) groups is 4. The fourth-order valence-corrected chi connectivity index (χ4v) is 10.9. The number of epoxide rings is 1. The molecule has 14 nitrogen and oxygen atoms in total. The first-order chi connectivity index (χ1) is 30.8. The molecule has 10 atom stereocenters. The molecule has 14 heteroatoms. The third kappa shape index (κ3) is 8.40. The van der Waals surface area contributed by atoms with E-state index in [0.717, 1.165) is 41.5 Å². The fourth-order valence-electron chi connectivity index (χ4n) is 10.9. The maximum Gasteiger partial charge on any atom is 0.327 e. The van der Waals surface area contributed by atoms with Crippen LogP contribution in [0.5, 0.6) is 0 Å². The van der Waals surface area contributed by atoms with Crippen molar-refractivity contribution in [2.45, 2.75) is 145 Å². The Kier molecular flexibility index (Phi) is 11.3. The molecule has 1 spiro atoms. The second kappa shape index (κ2) is 16.8. The number of amides is 2. The average molecular weight is 876 g/mol. The Labute approximate surface area is 372 Å². The van der Waals surface area contributed by atoms with Gasteiger partial charge in [-0.15, -0.1) is 0 Å². The number of aliphatic hydroxyl groups excluding tert-OH is 1. The molecular formula is C50H57N3O11. The normalized spacial score (nSPS) is 31.2. The lowest BCUT2D eigenvalue weighted by Crippen LogP contribution is -2.69. The number of hydrogen-bond donors (Lipinski definition) is 3. The third-order valence-corrected chi connectivity index (χ3v) is 13.9. The average Bonchev–Trinajstić information content (AvgIpc) is 3.62. The Morgan fingerprint density at radius 2 is 1.70 bits per heavy atom. The Morgan fingerprint density at radius 3 is 2.47 bits per heavy atom. The summed E-state index contributed by atoms with van der Waals surface area (Å²) in [5, 5.41) is 17.5. The number of nitrogens with one attached hydrogen (secondary N) is 2. The molecule has 7 aliphatic rings. The van der Waals surface area contributed by atoms with Gasteiger partial charge < -0.3 is 39.4 Å². The molecule has 0 radical (unpaired) electrons. The highest BCUT2D eigenvalue weighted by molar-refractivity contribution is 5.95. The van der Waals surface area contributed by atoms with Gasteiger partial charge in [0.15, 0.2) is 11.8 Å². The minimum Gasteiger partial charge on any atom is -0.460 e. The van der Waals surface area contributed by atoms with Gasteiger partial charge in [-0.25, -0.2) is 0 Å². The molecule has 2 saturated carbocycles. The van der Waals surface area contributed by atoms with Crippen molar-refractivity contribution in [3.63, 3.8) is 0 Å². The van der Waals surface area contributed by atoms with E-state index in [9.17, 15) is 19.5 Å². The molecule has 2 amide bonds. The summed E-state index contributed by atoms with van der Waals surface area (Å²) in [7, 11) is 0. The van der Waals surface area contributed by atoms with Crippen LogP contribution in [0.25, 0.3) is 6.08 Å². The van der Waals surface area contributed by atoms with Gasteiger partial charge in [0.1, 0.15) is 35.4 Å². The Balaban J connectivity index is 0.876. The number of esters is 2. The summed E-state index contributed by atoms with van der Waals surface area (Å²) < 4.78 is 31.0. The first-order valence-corrected chi connectivity index (χ1v) is 22.8. The van der Waals surface area contributed by atoms with Crippen LogP contribution in [0.2, 0.25) is 0 Å². The van der Waals surface area contributed by atoms with Gasteiger partial charge in [-0.2, -0.15) is 5.06 Å². The molecule has 3 aromatic carbocycles. The summed E-state index contributed by atoms with van der Waals surface area (Å²) in [4.78, 5) is 61.9. The molecule has 4 heterocycles. The summed E-state index contributed by atoms with van der Waals surface area (Å²) in [5.74, 6) is -2.30. The van der Waals surface area contributed by atoms with E-state index < -0.39 is 71.1 Å². The zero-order valence-electron chi connectivity index (χ0n) is 36.5. The SMILES string of the molecule is CC(C)(C)OC(=O)CCC(CO)NC(=O)c1cccc(CNC(=O)C23CC4OC(=O)C2N(Cc2cccc(C=CC5CCC6OC6C5)c2)OC3C2OC3(Cc5ccccc5C3)OC42)c1. The van der Waals surface area contributed by atoms with Crippen LogP contribution < -0.4 is 10.6 Å². The lowest BCUT2D eigenvalue weighted by atomic mass is 9.62. The molecule has 3 aromatic rings. The second-order valence-corrected chi connectivity index (χ2v) is 19.7. The lowest BCUT2D eigenvalue weighted by molar-refractivity contribution is -0.217. The van der Waals surface area contributed by atoms with Crippen molar-refractivity contribution < 1.29 is 52.8 Å². The molecule has 4 saturated heterocycles. The summed E-state index contributed by atoms with van der Waals surface area (Å²) in [6.45, 7) is 5.25. The summed E-state index contributed by atoms with van der Waals surface area (Å²) in [5.41, 5.74) is 3.14. The molecule has 4 aliphatic heterocycles. The molecule has 10 unspecified atom stereocenters. The minimum atomic E-state index is -1.39. The molecule has 338 valence electrons. The number of nitrogens with zero attached hydrogens (tertiary/aromatic N) is 1. The lowest BCUT2D eigenvalue weighted by Gasteiger charge is -2.48. The highest BCUT2D eigenvalue weighted by Crippen LogP contribution is 2.58. The van der Waals surface area contributed by atoms with Crippen LogP contribution in [-0.2, 0) is 68.8 Å². The van der Waals surface area contributed by atoms with Gasteiger partial charge >= 0.3 is 11.9 Å². The molecule has 64 heavy (non-hydrogen) atoms. The number of allylic oxidation sites excluding steroid dienone is 1. The van der Waals surface area contributed by atoms with Gasteiger partial charge in [-0.3, -0.25) is 24.0 Å². The van der Waals surface area contributed by atoms with Gasteiger partial charge in [0.25, 0.3) is 5.91 Å². The van der Waals surface area contributed by atoms with Crippen LogP contribution in [-0.4, -0.2) is 101 Å². The Morgan fingerprint density at radius 1 is 0.938 bits per heavy atom. The van der Waals surface area contributed by atoms with Gasteiger partial charge in [-0.1, -0.05) is 72.8 Å². The maximum absolute atomic E-state index is 15.0. The van der Waals surface area contributed by atoms with E-state index >= 15 is 4.79 Å². The van der Waals surface area contributed by atoms with Crippen molar-refractivity contribution in [3.05, 3.63) is 112 Å². The van der Waals surface area contributed by atoms with E-state index in [-0.39, 0.29) is 44.9 Å². The largest absolute Gasteiger partial charge is 0.460 e. The number of rotatable bonds is 13. The van der Waals surface area contributed by atoms with Gasteiger partial charge in [0, 0.05) is 37.8 Å². The van der Waals surface area contributed by atoms with Crippen molar-refractivity contribution in [2.24, 2.45) is 11.3 Å². The number of hydrogen-bond acceptors (Lipinski definition) is 12. The van der Waals surface area contributed by atoms with Gasteiger partial charge in [-0.05, 0) is 92.3 Å². The number of hydroxylamine groups is 2. The fraction of sp³-hybridized carbons (Fsp3) is 0.520. The molecular weight excluding hydrogens is 819 g/mol. The Hall–Kier alpha value is -4.96. The van der Waals surface area contributed by atoms with E-state index in [4.69, 9.17) is 28.5 Å². The first-order valence-electron chi connectivity index (χ1n) is 22.8. The molecule has 3 aliphatic carbocycles. The number of benzene rings is 3. The summed E-state index contributed by atoms with van der Waals surface area (Å²) in [6, 6.07) is 21.3. The van der Waals surface area contributed by atoms with Crippen LogP contribution in [0, 0.1) is 11.3 Å². The van der Waals surface area contributed by atoms with Crippen LogP contribution >= 0.6 is 0 Å². The first kappa shape index (κ1) is 43.0. The number of ether oxygens (including phenoxy) is 5. The molecule has 6 fully saturated rings. The quantitative estimate of drug-likeness (QED) is 0.157.